The molecular weight excluding hydrogens is 446 g/mol. The van der Waals surface area contributed by atoms with E-state index in [4.69, 9.17) is 8.83 Å². The van der Waals surface area contributed by atoms with Crippen LogP contribution in [0.5, 0.6) is 0 Å². The topological polar surface area (TPSA) is 101 Å². The summed E-state index contributed by atoms with van der Waals surface area (Å²) in [6, 6.07) is 13.7. The highest BCUT2D eigenvalue weighted by Crippen LogP contribution is 2.37. The second-order valence-electron chi connectivity index (χ2n) is 9.25. The number of hydrogen-bond acceptors (Lipinski definition) is 5. The average molecular weight is 474 g/mol. The molecule has 5 rings (SSSR count). The highest BCUT2D eigenvalue weighted by Gasteiger charge is 2.28. The van der Waals surface area contributed by atoms with Crippen molar-refractivity contribution in [3.8, 4) is 11.1 Å². The van der Waals surface area contributed by atoms with Crippen LogP contribution in [0.25, 0.3) is 33.1 Å². The summed E-state index contributed by atoms with van der Waals surface area (Å²) in [4.78, 5) is 38.5. The van der Waals surface area contributed by atoms with Gasteiger partial charge in [0.1, 0.15) is 16.9 Å². The molecule has 1 amide bonds. The minimum absolute atomic E-state index is 0.131. The molecule has 1 saturated heterocycles. The van der Waals surface area contributed by atoms with Crippen molar-refractivity contribution in [3.05, 3.63) is 69.8 Å². The molecule has 1 fully saturated rings. The summed E-state index contributed by atoms with van der Waals surface area (Å²) in [5, 5.41) is 11.0. The van der Waals surface area contributed by atoms with E-state index >= 15 is 0 Å². The fraction of sp³-hybridized carbons (Fsp3) is 0.321. The number of piperidine rings is 1. The number of fused-ring (bicyclic) bond motifs is 2. The lowest BCUT2D eigenvalue weighted by Crippen LogP contribution is -2.42. The summed E-state index contributed by atoms with van der Waals surface area (Å²) in [6.45, 7) is 4.57. The van der Waals surface area contributed by atoms with Gasteiger partial charge in [0.05, 0.1) is 5.92 Å². The fourth-order valence-corrected chi connectivity index (χ4v) is 5.15. The Balaban J connectivity index is 1.47. The van der Waals surface area contributed by atoms with E-state index in [1.54, 1.807) is 11.0 Å². The minimum Gasteiger partial charge on any atom is -0.481 e. The number of aliphatic carboxylic acids is 1. The Hall–Kier alpha value is -3.87. The Morgan fingerprint density at radius 2 is 1.80 bits per heavy atom. The van der Waals surface area contributed by atoms with Crippen molar-refractivity contribution in [2.45, 2.75) is 39.5 Å². The lowest BCUT2D eigenvalue weighted by atomic mass is 9.96. The van der Waals surface area contributed by atoms with Crippen LogP contribution in [0.1, 0.15) is 36.1 Å². The van der Waals surface area contributed by atoms with Crippen molar-refractivity contribution in [2.24, 2.45) is 5.92 Å². The van der Waals surface area contributed by atoms with Crippen LogP contribution in [0, 0.1) is 19.8 Å². The number of carbonyl (C=O) groups is 2. The molecule has 1 atom stereocenters. The minimum atomic E-state index is -0.871. The van der Waals surface area contributed by atoms with Crippen LogP contribution >= 0.6 is 0 Å². The van der Waals surface area contributed by atoms with Crippen LogP contribution in [0.3, 0.4) is 0 Å². The van der Waals surface area contributed by atoms with Gasteiger partial charge in [0.25, 0.3) is 0 Å². The zero-order valence-electron chi connectivity index (χ0n) is 19.8. The molecule has 0 bridgehead atoms. The van der Waals surface area contributed by atoms with Crippen molar-refractivity contribution >= 4 is 33.8 Å². The third-order valence-electron chi connectivity index (χ3n) is 7.05. The van der Waals surface area contributed by atoms with Gasteiger partial charge in [-0.25, -0.2) is 4.79 Å². The third kappa shape index (κ3) is 4.22. The first kappa shape index (κ1) is 22.9. The van der Waals surface area contributed by atoms with Gasteiger partial charge in [-0.15, -0.1) is 0 Å². The SMILES string of the molecule is Cc1oc2cc3oc(=O)c(CCC(=O)N4CCC[C@H](C(=O)O)C4)c(C)c3cc2c1-c1ccccc1. The quantitative estimate of drug-likeness (QED) is 0.406. The number of furan rings is 1. The molecule has 0 unspecified atom stereocenters. The Bertz CT molecular complexity index is 1500. The Kier molecular flexibility index (Phi) is 5.93. The second kappa shape index (κ2) is 9.06. The lowest BCUT2D eigenvalue weighted by molar-refractivity contribution is -0.145. The highest BCUT2D eigenvalue weighted by atomic mass is 16.4. The zero-order chi connectivity index (χ0) is 24.7. The number of nitrogens with zero attached hydrogens (tertiary/aromatic N) is 1. The van der Waals surface area contributed by atoms with E-state index in [0.29, 0.717) is 36.1 Å². The maximum Gasteiger partial charge on any atom is 0.339 e. The summed E-state index contributed by atoms with van der Waals surface area (Å²) < 4.78 is 11.6. The molecule has 0 saturated carbocycles. The van der Waals surface area contributed by atoms with Crippen LogP contribution in [-0.2, 0) is 16.0 Å². The number of hydrogen-bond donors (Lipinski definition) is 1. The number of benzene rings is 2. The Morgan fingerprint density at radius 1 is 1.06 bits per heavy atom. The average Bonchev–Trinajstić information content (AvgIpc) is 3.17. The molecule has 1 N–H and O–H groups in total. The maximum atomic E-state index is 12.8. The molecule has 2 aromatic heterocycles. The molecule has 7 nitrogen and oxygen atoms in total. The van der Waals surface area contributed by atoms with Crippen molar-refractivity contribution in [1.29, 1.82) is 0 Å². The van der Waals surface area contributed by atoms with Crippen molar-refractivity contribution < 1.29 is 23.5 Å². The predicted molar refractivity (Wildman–Crippen MR) is 132 cm³/mol. The van der Waals surface area contributed by atoms with Gasteiger partial charge >= 0.3 is 11.6 Å². The highest BCUT2D eigenvalue weighted by molar-refractivity contribution is 6.03. The second-order valence-corrected chi connectivity index (χ2v) is 9.25. The molecule has 180 valence electrons. The van der Waals surface area contributed by atoms with Gasteiger partial charge in [-0.2, -0.15) is 0 Å². The van der Waals surface area contributed by atoms with E-state index in [-0.39, 0.29) is 25.3 Å². The molecule has 0 radical (unpaired) electrons. The monoisotopic (exact) mass is 473 g/mol. The standard InChI is InChI=1S/C28H27NO6/c1-16-20(10-11-25(30)29-12-6-9-19(15-29)27(31)32)28(33)35-23-14-24-22(13-21(16)23)26(17(2)34-24)18-7-4-3-5-8-18/h3-5,7-8,13-14,19H,6,9-12,15H2,1-2H3,(H,31,32)/t19-/m0/s1. The van der Waals surface area contributed by atoms with Gasteiger partial charge in [0.15, 0.2) is 0 Å². The van der Waals surface area contributed by atoms with E-state index in [2.05, 4.69) is 0 Å². The van der Waals surface area contributed by atoms with Gasteiger partial charge in [0.2, 0.25) is 5.91 Å². The number of carbonyl (C=O) groups excluding carboxylic acids is 1. The summed E-state index contributed by atoms with van der Waals surface area (Å²) in [5.41, 5.74) is 3.94. The Morgan fingerprint density at radius 3 is 2.54 bits per heavy atom. The molecule has 2 aromatic carbocycles. The molecule has 35 heavy (non-hydrogen) atoms. The summed E-state index contributed by atoms with van der Waals surface area (Å²) in [7, 11) is 0. The molecule has 3 heterocycles. The zero-order valence-corrected chi connectivity index (χ0v) is 19.8. The van der Waals surface area contributed by atoms with E-state index in [0.717, 1.165) is 33.2 Å². The first-order valence-corrected chi connectivity index (χ1v) is 11.9. The molecule has 0 spiro atoms. The normalized spacial score (nSPS) is 16.2. The molecule has 7 heteroatoms. The van der Waals surface area contributed by atoms with Gasteiger partial charge < -0.3 is 18.8 Å². The number of rotatable bonds is 5. The number of carboxylic acid groups (broad SMARTS) is 1. The van der Waals surface area contributed by atoms with Crippen LogP contribution < -0.4 is 5.63 Å². The van der Waals surface area contributed by atoms with Crippen LogP contribution in [0.15, 0.2) is 56.1 Å². The first-order chi connectivity index (χ1) is 16.8. The van der Waals surface area contributed by atoms with Gasteiger partial charge in [0, 0.05) is 47.5 Å². The largest absolute Gasteiger partial charge is 0.481 e. The number of carboxylic acids is 1. The molecule has 1 aliphatic heterocycles. The van der Waals surface area contributed by atoms with E-state index < -0.39 is 17.5 Å². The summed E-state index contributed by atoms with van der Waals surface area (Å²) >= 11 is 0. The number of amides is 1. The van der Waals surface area contributed by atoms with Crippen molar-refractivity contribution in [2.75, 3.05) is 13.1 Å². The van der Waals surface area contributed by atoms with Crippen LogP contribution in [-0.4, -0.2) is 35.0 Å². The predicted octanol–water partition coefficient (Wildman–Crippen LogP) is 5.08. The van der Waals surface area contributed by atoms with Crippen LogP contribution in [0.4, 0.5) is 0 Å². The molecular formula is C28H27NO6. The smallest absolute Gasteiger partial charge is 0.339 e. The number of likely N-dealkylation sites (tertiary alicyclic amines) is 1. The molecule has 1 aliphatic rings. The maximum absolute atomic E-state index is 12.8. The van der Waals surface area contributed by atoms with Gasteiger partial charge in [-0.1, -0.05) is 30.3 Å². The molecule has 4 aromatic rings. The fourth-order valence-electron chi connectivity index (χ4n) is 5.15. The molecule has 0 aliphatic carbocycles. The van der Waals surface area contributed by atoms with Gasteiger partial charge in [-0.05, 0) is 50.3 Å². The van der Waals surface area contributed by atoms with Gasteiger partial charge in [-0.3, -0.25) is 9.59 Å². The third-order valence-corrected chi connectivity index (χ3v) is 7.05. The number of aryl methyl sites for hydroxylation is 2. The first-order valence-electron chi connectivity index (χ1n) is 11.9. The van der Waals surface area contributed by atoms with E-state index in [1.165, 1.54) is 0 Å². The van der Waals surface area contributed by atoms with Crippen molar-refractivity contribution in [1.82, 2.24) is 4.90 Å². The van der Waals surface area contributed by atoms with Crippen LogP contribution in [0.2, 0.25) is 0 Å². The Labute approximate surface area is 201 Å². The van der Waals surface area contributed by atoms with E-state index in [1.807, 2.05) is 50.2 Å². The summed E-state index contributed by atoms with van der Waals surface area (Å²) in [5.74, 6) is -0.750. The lowest BCUT2D eigenvalue weighted by Gasteiger charge is -2.30. The van der Waals surface area contributed by atoms with E-state index in [9.17, 15) is 19.5 Å². The van der Waals surface area contributed by atoms with Crippen molar-refractivity contribution in [3.63, 3.8) is 0 Å². The summed E-state index contributed by atoms with van der Waals surface area (Å²) in [6.07, 6.45) is 1.63.